The van der Waals surface area contributed by atoms with Gasteiger partial charge in [-0.3, -0.25) is 4.79 Å². The molecule has 0 amide bonds. The minimum absolute atomic E-state index is 0.00979. The summed E-state index contributed by atoms with van der Waals surface area (Å²) in [6.45, 7) is 0. The number of ketones is 1. The second-order valence-corrected chi connectivity index (χ2v) is 4.67. The maximum atomic E-state index is 12.9. The average Bonchev–Trinajstić information content (AvgIpc) is 2.38. The van der Waals surface area contributed by atoms with Gasteiger partial charge >= 0.3 is 0 Å². The Labute approximate surface area is 109 Å². The van der Waals surface area contributed by atoms with Gasteiger partial charge < -0.3 is 5.73 Å². The van der Waals surface area contributed by atoms with Crippen molar-refractivity contribution < 1.29 is 9.18 Å². The molecule has 1 aromatic carbocycles. The van der Waals surface area contributed by atoms with Crippen LogP contribution in [0.3, 0.4) is 0 Å². The Morgan fingerprint density at radius 2 is 1.95 bits per heavy atom. The van der Waals surface area contributed by atoms with Crippen molar-refractivity contribution in [2.75, 3.05) is 5.73 Å². The van der Waals surface area contributed by atoms with Gasteiger partial charge in [-0.25, -0.2) is 14.4 Å². The molecule has 2 N–H and O–H groups in total. The maximum absolute atomic E-state index is 12.9. The highest BCUT2D eigenvalue weighted by Crippen LogP contribution is 2.31. The van der Waals surface area contributed by atoms with Gasteiger partial charge in [-0.2, -0.15) is 0 Å². The zero-order chi connectivity index (χ0) is 13.4. The molecule has 0 saturated heterocycles. The number of Topliss-reactive ketones (excluding diaryl/α,β-unsaturated/α-hetero) is 1. The Balaban J connectivity index is 1.96. The van der Waals surface area contributed by atoms with Crippen molar-refractivity contribution in [3.63, 3.8) is 0 Å². The van der Waals surface area contributed by atoms with Crippen molar-refractivity contribution in [1.82, 2.24) is 9.97 Å². The molecule has 1 aliphatic carbocycles. The van der Waals surface area contributed by atoms with Gasteiger partial charge in [-0.1, -0.05) is 12.1 Å². The number of carbonyl (C=O) groups excluding carboxylic acids is 1. The summed E-state index contributed by atoms with van der Waals surface area (Å²) in [7, 11) is 0. The lowest BCUT2D eigenvalue weighted by molar-refractivity contribution is 0.0963. The molecule has 1 heterocycles. The number of hydrogen-bond acceptors (Lipinski definition) is 4. The van der Waals surface area contributed by atoms with Gasteiger partial charge in [0.2, 0.25) is 5.95 Å². The van der Waals surface area contributed by atoms with Gasteiger partial charge in [0.15, 0.2) is 5.78 Å². The Morgan fingerprint density at radius 1 is 1.21 bits per heavy atom. The molecular weight excluding hydrogens is 245 g/mol. The lowest BCUT2D eigenvalue weighted by Crippen LogP contribution is -2.21. The summed E-state index contributed by atoms with van der Waals surface area (Å²) in [6, 6.07) is 6.24. The van der Waals surface area contributed by atoms with Crippen LogP contribution in [0.4, 0.5) is 10.3 Å². The summed E-state index contributed by atoms with van der Waals surface area (Å²) >= 11 is 0. The molecule has 1 aromatic heterocycles. The highest BCUT2D eigenvalue weighted by Gasteiger charge is 2.27. The molecule has 2 aromatic rings. The van der Waals surface area contributed by atoms with E-state index in [2.05, 4.69) is 9.97 Å². The quantitative estimate of drug-likeness (QED) is 0.849. The molecule has 0 spiro atoms. The third-order valence-corrected chi connectivity index (χ3v) is 3.40. The van der Waals surface area contributed by atoms with Crippen LogP contribution in [0, 0.1) is 5.82 Å². The molecule has 5 heteroatoms. The van der Waals surface area contributed by atoms with E-state index in [9.17, 15) is 9.18 Å². The summed E-state index contributed by atoms with van der Waals surface area (Å²) in [4.78, 5) is 20.0. The molecule has 0 aliphatic heterocycles. The predicted octanol–water partition coefficient (Wildman–Crippen LogP) is 2.11. The number of nitrogens with zero attached hydrogens (tertiary/aromatic N) is 2. The van der Waals surface area contributed by atoms with Crippen molar-refractivity contribution in [2.24, 2.45) is 0 Å². The Bertz CT molecular complexity index is 640. The van der Waals surface area contributed by atoms with E-state index in [1.165, 1.54) is 18.3 Å². The summed E-state index contributed by atoms with van der Waals surface area (Å²) < 4.78 is 12.9. The topological polar surface area (TPSA) is 68.9 Å². The molecule has 4 nitrogen and oxygen atoms in total. The number of rotatable bonds is 1. The maximum Gasteiger partial charge on any atom is 0.220 e. The summed E-state index contributed by atoms with van der Waals surface area (Å²) in [5, 5.41) is 0. The number of aromatic nitrogens is 2. The molecule has 0 radical (unpaired) electrons. The number of fused-ring (bicyclic) bond motifs is 1. The van der Waals surface area contributed by atoms with Crippen LogP contribution in [-0.2, 0) is 6.42 Å². The molecule has 0 fully saturated rings. The number of nitrogen functional groups attached to an aromatic ring is 1. The number of benzene rings is 1. The van der Waals surface area contributed by atoms with E-state index in [1.807, 2.05) is 0 Å². The highest BCUT2D eigenvalue weighted by atomic mass is 19.1. The van der Waals surface area contributed by atoms with Crippen molar-refractivity contribution in [3.8, 4) is 0 Å². The first-order valence-electron chi connectivity index (χ1n) is 6.03. The smallest absolute Gasteiger partial charge is 0.220 e. The Morgan fingerprint density at radius 3 is 2.68 bits per heavy atom. The van der Waals surface area contributed by atoms with Gasteiger partial charge in [-0.15, -0.1) is 0 Å². The largest absolute Gasteiger partial charge is 0.368 e. The SMILES string of the molecule is Nc1ncc2c(n1)C[C@@H](c1ccc(F)cc1)CC2=O. The van der Waals surface area contributed by atoms with Crippen molar-refractivity contribution in [3.05, 3.63) is 53.1 Å². The van der Waals surface area contributed by atoms with Gasteiger partial charge in [0, 0.05) is 12.6 Å². The zero-order valence-corrected chi connectivity index (χ0v) is 10.1. The van der Waals surface area contributed by atoms with E-state index < -0.39 is 0 Å². The van der Waals surface area contributed by atoms with Crippen LogP contribution in [0.15, 0.2) is 30.5 Å². The lowest BCUT2D eigenvalue weighted by Gasteiger charge is -2.22. The van der Waals surface area contributed by atoms with E-state index in [-0.39, 0.29) is 23.5 Å². The van der Waals surface area contributed by atoms with Gasteiger partial charge in [0.1, 0.15) is 5.82 Å². The van der Waals surface area contributed by atoms with Crippen molar-refractivity contribution in [1.29, 1.82) is 0 Å². The zero-order valence-electron chi connectivity index (χ0n) is 10.1. The first-order valence-corrected chi connectivity index (χ1v) is 6.03. The van der Waals surface area contributed by atoms with Gasteiger partial charge in [-0.05, 0) is 30.0 Å². The fraction of sp³-hybridized carbons (Fsp3) is 0.214. The van der Waals surface area contributed by atoms with Gasteiger partial charge in [0.05, 0.1) is 11.3 Å². The number of anilines is 1. The van der Waals surface area contributed by atoms with Crippen LogP contribution in [0.1, 0.15) is 34.0 Å². The first kappa shape index (κ1) is 11.8. The lowest BCUT2D eigenvalue weighted by atomic mass is 9.82. The predicted molar refractivity (Wildman–Crippen MR) is 68.2 cm³/mol. The minimum Gasteiger partial charge on any atom is -0.368 e. The van der Waals surface area contributed by atoms with E-state index in [4.69, 9.17) is 5.73 Å². The molecule has 0 bridgehead atoms. The minimum atomic E-state index is -0.280. The molecule has 1 atom stereocenters. The molecule has 0 unspecified atom stereocenters. The summed E-state index contributed by atoms with van der Waals surface area (Å²) in [6.07, 6.45) is 2.51. The molecule has 1 aliphatic rings. The second kappa shape index (κ2) is 4.42. The summed E-state index contributed by atoms with van der Waals surface area (Å²) in [5.41, 5.74) is 7.72. The van der Waals surface area contributed by atoms with Gasteiger partial charge in [0.25, 0.3) is 0 Å². The Kier molecular flexibility index (Phi) is 2.74. The fourth-order valence-corrected chi connectivity index (χ4v) is 2.43. The normalized spacial score (nSPS) is 18.2. The second-order valence-electron chi connectivity index (χ2n) is 4.67. The molecule has 3 rings (SSSR count). The van der Waals surface area contributed by atoms with Crippen molar-refractivity contribution >= 4 is 11.7 Å². The highest BCUT2D eigenvalue weighted by molar-refractivity contribution is 5.98. The number of carbonyl (C=O) groups is 1. The van der Waals surface area contributed by atoms with Crippen LogP contribution in [0.25, 0.3) is 0 Å². The third-order valence-electron chi connectivity index (χ3n) is 3.40. The molecule has 0 saturated carbocycles. The van der Waals surface area contributed by atoms with Crippen LogP contribution < -0.4 is 5.73 Å². The molecule has 19 heavy (non-hydrogen) atoms. The number of nitrogens with two attached hydrogens (primary N) is 1. The van der Waals surface area contributed by atoms with E-state index in [0.717, 1.165) is 5.56 Å². The van der Waals surface area contributed by atoms with E-state index >= 15 is 0 Å². The van der Waals surface area contributed by atoms with E-state index in [0.29, 0.717) is 24.1 Å². The summed E-state index contributed by atoms with van der Waals surface area (Å²) in [5.74, 6) is -0.0744. The number of hydrogen-bond donors (Lipinski definition) is 1. The third kappa shape index (κ3) is 2.19. The van der Waals surface area contributed by atoms with Crippen LogP contribution in [0.5, 0.6) is 0 Å². The Hall–Kier alpha value is -2.30. The number of halogens is 1. The molecular formula is C14H12FN3O. The fourth-order valence-electron chi connectivity index (χ4n) is 2.43. The first-order chi connectivity index (χ1) is 9.13. The molecule has 96 valence electrons. The monoisotopic (exact) mass is 257 g/mol. The van der Waals surface area contributed by atoms with E-state index in [1.54, 1.807) is 12.1 Å². The van der Waals surface area contributed by atoms with Crippen LogP contribution in [-0.4, -0.2) is 15.8 Å². The average molecular weight is 257 g/mol. The van der Waals surface area contributed by atoms with Crippen molar-refractivity contribution in [2.45, 2.75) is 18.8 Å². The van der Waals surface area contributed by atoms with Crippen LogP contribution >= 0.6 is 0 Å². The standard InChI is InChI=1S/C14H12FN3O/c15-10-3-1-8(2-4-10)9-5-12-11(13(19)6-9)7-17-14(16)18-12/h1-4,7,9H,5-6H2,(H2,16,17,18)/t9-/m1/s1. The van der Waals surface area contributed by atoms with Crippen LogP contribution in [0.2, 0.25) is 0 Å².